The van der Waals surface area contributed by atoms with Gasteiger partial charge < -0.3 is 14.8 Å². The number of benzene rings is 1. The third-order valence-electron chi connectivity index (χ3n) is 2.92. The standard InChI is InChI=1S/C15H16F2N2O2/c1-18-11-4-6-13(14(7-11)20-2)21-9-10-3-5-12(15(16)17)19-8-10/h3-8,15,18H,9H2,1-2H3. The number of rotatable bonds is 6. The fraction of sp³-hybridized carbons (Fsp3) is 0.267. The summed E-state index contributed by atoms with van der Waals surface area (Å²) >= 11 is 0. The minimum atomic E-state index is -2.56. The lowest BCUT2D eigenvalue weighted by atomic mass is 10.2. The van der Waals surface area contributed by atoms with Crippen LogP contribution in [-0.4, -0.2) is 19.1 Å². The number of methoxy groups -OCH3 is 1. The fourth-order valence-electron chi connectivity index (χ4n) is 1.75. The van der Waals surface area contributed by atoms with Crippen LogP contribution in [-0.2, 0) is 6.61 Å². The van der Waals surface area contributed by atoms with Gasteiger partial charge in [-0.25, -0.2) is 8.78 Å². The van der Waals surface area contributed by atoms with Gasteiger partial charge in [0.15, 0.2) is 11.5 Å². The average Bonchev–Trinajstić information content (AvgIpc) is 2.53. The van der Waals surface area contributed by atoms with Crippen LogP contribution in [0.1, 0.15) is 17.7 Å². The van der Waals surface area contributed by atoms with E-state index in [1.54, 1.807) is 19.2 Å². The van der Waals surface area contributed by atoms with Crippen molar-refractivity contribution in [2.75, 3.05) is 19.5 Å². The van der Waals surface area contributed by atoms with Crippen LogP contribution < -0.4 is 14.8 Å². The molecule has 0 unspecified atom stereocenters. The largest absolute Gasteiger partial charge is 0.493 e. The maximum atomic E-state index is 12.4. The number of anilines is 1. The van der Waals surface area contributed by atoms with Crippen molar-refractivity contribution in [1.29, 1.82) is 0 Å². The zero-order valence-corrected chi connectivity index (χ0v) is 11.8. The molecule has 0 bridgehead atoms. The Bertz CT molecular complexity index is 589. The molecule has 0 aliphatic carbocycles. The number of nitrogens with zero attached hydrogens (tertiary/aromatic N) is 1. The molecule has 1 heterocycles. The summed E-state index contributed by atoms with van der Waals surface area (Å²) in [6, 6.07) is 8.32. The second kappa shape index (κ2) is 6.88. The molecule has 2 rings (SSSR count). The van der Waals surface area contributed by atoms with E-state index in [1.807, 2.05) is 19.2 Å². The predicted octanol–water partition coefficient (Wildman–Crippen LogP) is 3.65. The quantitative estimate of drug-likeness (QED) is 0.883. The summed E-state index contributed by atoms with van der Waals surface area (Å²) in [5.41, 5.74) is 1.37. The molecule has 0 amide bonds. The van der Waals surface area contributed by atoms with Crippen LogP contribution in [0.3, 0.4) is 0 Å². The second-order valence-electron chi connectivity index (χ2n) is 4.30. The summed E-state index contributed by atoms with van der Waals surface area (Å²) in [4.78, 5) is 3.69. The van der Waals surface area contributed by atoms with Crippen LogP contribution in [0, 0.1) is 0 Å². The highest BCUT2D eigenvalue weighted by Gasteiger charge is 2.09. The van der Waals surface area contributed by atoms with E-state index in [0.29, 0.717) is 17.1 Å². The van der Waals surface area contributed by atoms with Crippen molar-refractivity contribution < 1.29 is 18.3 Å². The Hall–Kier alpha value is -2.37. The molecule has 0 atom stereocenters. The zero-order valence-electron chi connectivity index (χ0n) is 11.8. The first-order valence-electron chi connectivity index (χ1n) is 6.35. The van der Waals surface area contributed by atoms with E-state index >= 15 is 0 Å². The van der Waals surface area contributed by atoms with E-state index in [4.69, 9.17) is 9.47 Å². The SMILES string of the molecule is CNc1ccc(OCc2ccc(C(F)F)nc2)c(OC)c1. The Morgan fingerprint density at radius 2 is 2.00 bits per heavy atom. The van der Waals surface area contributed by atoms with Crippen LogP contribution in [0.15, 0.2) is 36.5 Å². The van der Waals surface area contributed by atoms with Crippen LogP contribution >= 0.6 is 0 Å². The maximum absolute atomic E-state index is 12.4. The fourth-order valence-corrected chi connectivity index (χ4v) is 1.75. The Kier molecular flexibility index (Phi) is 4.92. The lowest BCUT2D eigenvalue weighted by molar-refractivity contribution is 0.146. The van der Waals surface area contributed by atoms with Gasteiger partial charge in [-0.2, -0.15) is 0 Å². The van der Waals surface area contributed by atoms with Crippen molar-refractivity contribution in [3.8, 4) is 11.5 Å². The molecule has 0 spiro atoms. The molecule has 0 fully saturated rings. The van der Waals surface area contributed by atoms with Gasteiger partial charge in [-0.3, -0.25) is 4.98 Å². The minimum absolute atomic E-state index is 0.228. The number of hydrogen-bond acceptors (Lipinski definition) is 4. The monoisotopic (exact) mass is 294 g/mol. The zero-order chi connectivity index (χ0) is 15.2. The van der Waals surface area contributed by atoms with E-state index in [0.717, 1.165) is 5.69 Å². The van der Waals surface area contributed by atoms with Crippen molar-refractivity contribution >= 4 is 5.69 Å². The smallest absolute Gasteiger partial charge is 0.280 e. The maximum Gasteiger partial charge on any atom is 0.280 e. The number of alkyl halides is 2. The third-order valence-corrected chi connectivity index (χ3v) is 2.92. The summed E-state index contributed by atoms with van der Waals surface area (Å²) in [5.74, 6) is 1.17. The van der Waals surface area contributed by atoms with E-state index in [1.165, 1.54) is 12.3 Å². The van der Waals surface area contributed by atoms with Crippen LogP contribution in [0.2, 0.25) is 0 Å². The number of hydrogen-bond donors (Lipinski definition) is 1. The first-order valence-corrected chi connectivity index (χ1v) is 6.35. The van der Waals surface area contributed by atoms with Gasteiger partial charge in [-0.05, 0) is 18.2 Å². The summed E-state index contributed by atoms with van der Waals surface area (Å²) in [6.07, 6.45) is -1.18. The molecular formula is C15H16F2N2O2. The van der Waals surface area contributed by atoms with E-state index in [2.05, 4.69) is 10.3 Å². The number of halogens is 2. The lowest BCUT2D eigenvalue weighted by Crippen LogP contribution is -2.00. The molecule has 0 aliphatic rings. The van der Waals surface area contributed by atoms with Gasteiger partial charge >= 0.3 is 0 Å². The molecule has 0 saturated carbocycles. The molecule has 1 aromatic heterocycles. The second-order valence-corrected chi connectivity index (χ2v) is 4.30. The van der Waals surface area contributed by atoms with Crippen molar-refractivity contribution in [3.05, 3.63) is 47.8 Å². The third kappa shape index (κ3) is 3.81. The average molecular weight is 294 g/mol. The summed E-state index contributed by atoms with van der Waals surface area (Å²) in [7, 11) is 3.37. The summed E-state index contributed by atoms with van der Waals surface area (Å²) in [5, 5.41) is 3.00. The van der Waals surface area contributed by atoms with Crippen LogP contribution in [0.25, 0.3) is 0 Å². The Balaban J connectivity index is 2.05. The number of pyridine rings is 1. The molecule has 2 aromatic rings. The first-order chi connectivity index (χ1) is 10.1. The van der Waals surface area contributed by atoms with Crippen LogP contribution in [0.4, 0.5) is 14.5 Å². The Labute approximate surface area is 121 Å². The van der Waals surface area contributed by atoms with Gasteiger partial charge in [0.05, 0.1) is 7.11 Å². The molecule has 0 saturated heterocycles. The summed E-state index contributed by atoms with van der Waals surface area (Å²) < 4.78 is 35.7. The van der Waals surface area contributed by atoms with Crippen molar-refractivity contribution in [3.63, 3.8) is 0 Å². The molecule has 1 aromatic carbocycles. The topological polar surface area (TPSA) is 43.4 Å². The predicted molar refractivity (Wildman–Crippen MR) is 76.1 cm³/mol. The summed E-state index contributed by atoms with van der Waals surface area (Å²) in [6.45, 7) is 0.228. The Morgan fingerprint density at radius 1 is 1.19 bits per heavy atom. The molecule has 0 aliphatic heterocycles. The molecule has 1 N–H and O–H groups in total. The molecule has 21 heavy (non-hydrogen) atoms. The molecule has 112 valence electrons. The van der Waals surface area contributed by atoms with Gasteiger partial charge in [0.25, 0.3) is 6.43 Å². The number of nitrogens with one attached hydrogen (secondary N) is 1. The highest BCUT2D eigenvalue weighted by molar-refractivity contribution is 5.54. The van der Waals surface area contributed by atoms with Gasteiger partial charge in [-0.15, -0.1) is 0 Å². The van der Waals surface area contributed by atoms with Gasteiger partial charge in [-0.1, -0.05) is 6.07 Å². The van der Waals surface area contributed by atoms with Crippen molar-refractivity contribution in [1.82, 2.24) is 4.98 Å². The highest BCUT2D eigenvalue weighted by Crippen LogP contribution is 2.30. The molecular weight excluding hydrogens is 278 g/mol. The van der Waals surface area contributed by atoms with E-state index in [9.17, 15) is 8.78 Å². The van der Waals surface area contributed by atoms with Gasteiger partial charge in [0.2, 0.25) is 0 Å². The lowest BCUT2D eigenvalue weighted by Gasteiger charge is -2.12. The van der Waals surface area contributed by atoms with E-state index in [-0.39, 0.29) is 12.3 Å². The number of aromatic nitrogens is 1. The van der Waals surface area contributed by atoms with Gasteiger partial charge in [0.1, 0.15) is 12.3 Å². The van der Waals surface area contributed by atoms with Crippen LogP contribution in [0.5, 0.6) is 11.5 Å². The van der Waals surface area contributed by atoms with Crippen molar-refractivity contribution in [2.45, 2.75) is 13.0 Å². The Morgan fingerprint density at radius 3 is 2.57 bits per heavy atom. The molecule has 4 nitrogen and oxygen atoms in total. The van der Waals surface area contributed by atoms with Gasteiger partial charge in [0, 0.05) is 30.6 Å². The van der Waals surface area contributed by atoms with Crippen molar-refractivity contribution in [2.24, 2.45) is 0 Å². The molecule has 6 heteroatoms. The van der Waals surface area contributed by atoms with E-state index < -0.39 is 6.43 Å². The first kappa shape index (κ1) is 15.0. The highest BCUT2D eigenvalue weighted by atomic mass is 19.3. The minimum Gasteiger partial charge on any atom is -0.493 e. The molecule has 0 radical (unpaired) electrons. The normalized spacial score (nSPS) is 10.5. The number of ether oxygens (including phenoxy) is 2.